The van der Waals surface area contributed by atoms with Gasteiger partial charge in [-0.3, -0.25) is 0 Å². The van der Waals surface area contributed by atoms with Gasteiger partial charge in [0.15, 0.2) is 23.2 Å². The summed E-state index contributed by atoms with van der Waals surface area (Å²) in [5.74, 6) is -1.15. The standard InChI is InChI=1S/C26H28F2N6O2/c1-4-33-9-11-34(12-10-33)18-7-5-17(6-8-18)32-25-24(35-3)26(30-15-29-25)36-21-14-20(27)23-19(22(21)28)13-16(2)31-23/h5-8,13-15,31H,4,9-12H2,1-3H3,(H,29,30,32). The van der Waals surface area contributed by atoms with Crippen molar-refractivity contribution in [3.8, 4) is 17.4 Å². The van der Waals surface area contributed by atoms with Crippen LogP contribution >= 0.6 is 0 Å². The van der Waals surface area contributed by atoms with Gasteiger partial charge in [-0.2, -0.15) is 4.98 Å². The first-order valence-electron chi connectivity index (χ1n) is 11.9. The maximum atomic E-state index is 15.0. The van der Waals surface area contributed by atoms with Crippen LogP contribution in [0.25, 0.3) is 10.9 Å². The molecule has 5 rings (SSSR count). The van der Waals surface area contributed by atoms with Crippen molar-refractivity contribution in [3.05, 3.63) is 60.1 Å². The molecule has 4 aromatic rings. The van der Waals surface area contributed by atoms with E-state index in [0.29, 0.717) is 11.5 Å². The number of hydrogen-bond donors (Lipinski definition) is 2. The number of likely N-dealkylation sites (N-methyl/N-ethyl adjacent to an activating group) is 1. The third-order valence-corrected chi connectivity index (χ3v) is 6.40. The fourth-order valence-electron chi connectivity index (χ4n) is 4.43. The Kier molecular flexibility index (Phi) is 6.60. The zero-order chi connectivity index (χ0) is 25.2. The minimum atomic E-state index is -0.693. The Bertz CT molecular complexity index is 1370. The average Bonchev–Trinajstić information content (AvgIpc) is 3.30. The normalized spacial score (nSPS) is 14.3. The van der Waals surface area contributed by atoms with Gasteiger partial charge in [-0.05, 0) is 43.8 Å². The number of nitrogens with one attached hydrogen (secondary N) is 2. The second kappa shape index (κ2) is 9.98. The number of ether oxygens (including phenoxy) is 2. The Hall–Kier alpha value is -3.92. The van der Waals surface area contributed by atoms with Gasteiger partial charge in [-0.15, -0.1) is 0 Å². The molecule has 1 saturated heterocycles. The number of benzene rings is 2. The number of aromatic nitrogens is 3. The van der Waals surface area contributed by atoms with Crippen molar-refractivity contribution in [1.29, 1.82) is 0 Å². The number of aryl methyl sites for hydroxylation is 1. The van der Waals surface area contributed by atoms with Crippen molar-refractivity contribution in [2.45, 2.75) is 13.8 Å². The van der Waals surface area contributed by atoms with E-state index in [9.17, 15) is 4.39 Å². The number of piperazine rings is 1. The van der Waals surface area contributed by atoms with Crippen molar-refractivity contribution in [2.24, 2.45) is 0 Å². The lowest BCUT2D eigenvalue weighted by Gasteiger charge is -2.35. The average molecular weight is 495 g/mol. The van der Waals surface area contributed by atoms with Gasteiger partial charge in [-0.1, -0.05) is 6.92 Å². The lowest BCUT2D eigenvalue weighted by molar-refractivity contribution is 0.271. The van der Waals surface area contributed by atoms with Gasteiger partial charge in [-0.25, -0.2) is 13.8 Å². The molecule has 36 heavy (non-hydrogen) atoms. The van der Waals surface area contributed by atoms with Gasteiger partial charge in [0, 0.05) is 54.7 Å². The summed E-state index contributed by atoms with van der Waals surface area (Å²) in [4.78, 5) is 16.0. The molecule has 2 N–H and O–H groups in total. The van der Waals surface area contributed by atoms with Crippen LogP contribution in [0.5, 0.6) is 17.4 Å². The number of halogens is 2. The Morgan fingerprint density at radius 2 is 1.81 bits per heavy atom. The van der Waals surface area contributed by atoms with Gasteiger partial charge in [0.1, 0.15) is 6.33 Å². The van der Waals surface area contributed by atoms with E-state index in [2.05, 4.69) is 49.1 Å². The number of aromatic amines is 1. The lowest BCUT2D eigenvalue weighted by Crippen LogP contribution is -2.46. The molecule has 3 heterocycles. The summed E-state index contributed by atoms with van der Waals surface area (Å²) in [6.07, 6.45) is 1.27. The molecule has 8 nitrogen and oxygen atoms in total. The largest absolute Gasteiger partial charge is 0.489 e. The zero-order valence-electron chi connectivity index (χ0n) is 20.4. The number of hydrogen-bond acceptors (Lipinski definition) is 7. The number of anilines is 3. The van der Waals surface area contributed by atoms with Gasteiger partial charge in [0.05, 0.1) is 12.6 Å². The molecular weight excluding hydrogens is 466 g/mol. The van der Waals surface area contributed by atoms with E-state index < -0.39 is 11.6 Å². The summed E-state index contributed by atoms with van der Waals surface area (Å²) in [5.41, 5.74) is 2.67. The molecule has 1 aliphatic rings. The van der Waals surface area contributed by atoms with Gasteiger partial charge >= 0.3 is 0 Å². The maximum absolute atomic E-state index is 15.0. The van der Waals surface area contributed by atoms with Gasteiger partial charge in [0.25, 0.3) is 5.88 Å². The van der Waals surface area contributed by atoms with E-state index in [0.717, 1.165) is 50.2 Å². The molecule has 0 atom stereocenters. The fraction of sp³-hybridized carbons (Fsp3) is 0.308. The Balaban J connectivity index is 1.36. The monoisotopic (exact) mass is 494 g/mol. The summed E-state index contributed by atoms with van der Waals surface area (Å²) in [5, 5.41) is 3.30. The van der Waals surface area contributed by atoms with Crippen molar-refractivity contribution in [3.63, 3.8) is 0 Å². The zero-order valence-corrected chi connectivity index (χ0v) is 20.4. The molecule has 0 spiro atoms. The predicted octanol–water partition coefficient (Wildman–Crippen LogP) is 5.23. The molecule has 0 unspecified atom stereocenters. The van der Waals surface area contributed by atoms with Crippen molar-refractivity contribution < 1.29 is 18.3 Å². The Labute approximate surface area is 207 Å². The second-order valence-corrected chi connectivity index (χ2v) is 8.67. The summed E-state index contributed by atoms with van der Waals surface area (Å²) in [7, 11) is 1.44. The lowest BCUT2D eigenvalue weighted by atomic mass is 10.2. The molecule has 10 heteroatoms. The molecule has 1 aliphatic heterocycles. The van der Waals surface area contributed by atoms with Crippen LogP contribution in [0.4, 0.5) is 26.0 Å². The Morgan fingerprint density at radius 1 is 1.06 bits per heavy atom. The molecule has 2 aromatic heterocycles. The minimum absolute atomic E-state index is 0.0367. The molecule has 1 fully saturated rings. The SMILES string of the molecule is CCN1CCN(c2ccc(Nc3ncnc(Oc4cc(F)c5[nH]c(C)cc5c4F)c3OC)cc2)CC1. The van der Waals surface area contributed by atoms with E-state index in [4.69, 9.17) is 9.47 Å². The number of rotatable bonds is 7. The van der Waals surface area contributed by atoms with E-state index in [-0.39, 0.29) is 28.3 Å². The third-order valence-electron chi connectivity index (χ3n) is 6.40. The summed E-state index contributed by atoms with van der Waals surface area (Å²) in [6.45, 7) is 9.08. The summed E-state index contributed by atoms with van der Waals surface area (Å²) >= 11 is 0. The van der Waals surface area contributed by atoms with E-state index in [1.807, 2.05) is 12.1 Å². The predicted molar refractivity (Wildman–Crippen MR) is 136 cm³/mol. The van der Waals surface area contributed by atoms with E-state index in [1.54, 1.807) is 6.92 Å². The van der Waals surface area contributed by atoms with E-state index in [1.165, 1.54) is 19.5 Å². The molecule has 0 radical (unpaired) electrons. The second-order valence-electron chi connectivity index (χ2n) is 8.67. The molecule has 0 aliphatic carbocycles. The van der Waals surface area contributed by atoms with E-state index >= 15 is 4.39 Å². The third kappa shape index (κ3) is 4.64. The number of nitrogens with zero attached hydrogens (tertiary/aromatic N) is 4. The van der Waals surface area contributed by atoms with Crippen LogP contribution in [-0.2, 0) is 0 Å². The Morgan fingerprint density at radius 3 is 2.50 bits per heavy atom. The first kappa shape index (κ1) is 23.8. The quantitative estimate of drug-likeness (QED) is 0.364. The van der Waals surface area contributed by atoms with Crippen LogP contribution in [0.2, 0.25) is 0 Å². The molecule has 0 amide bonds. The van der Waals surface area contributed by atoms with Crippen LogP contribution in [0, 0.1) is 18.6 Å². The molecule has 188 valence electrons. The van der Waals surface area contributed by atoms with Crippen LogP contribution in [0.15, 0.2) is 42.7 Å². The fourth-order valence-corrected chi connectivity index (χ4v) is 4.43. The molecule has 0 bridgehead atoms. The molecule has 0 saturated carbocycles. The molecular formula is C26H28F2N6O2. The first-order valence-corrected chi connectivity index (χ1v) is 11.9. The number of H-pyrrole nitrogens is 1. The highest BCUT2D eigenvalue weighted by atomic mass is 19.1. The highest BCUT2D eigenvalue weighted by Gasteiger charge is 2.21. The number of fused-ring (bicyclic) bond motifs is 1. The smallest absolute Gasteiger partial charge is 0.268 e. The maximum Gasteiger partial charge on any atom is 0.268 e. The highest BCUT2D eigenvalue weighted by molar-refractivity contribution is 5.83. The van der Waals surface area contributed by atoms with Gasteiger partial charge in [0.2, 0.25) is 5.75 Å². The van der Waals surface area contributed by atoms with Crippen molar-refractivity contribution >= 4 is 28.1 Å². The van der Waals surface area contributed by atoms with Crippen LogP contribution in [-0.4, -0.2) is 59.7 Å². The number of methoxy groups -OCH3 is 1. The highest BCUT2D eigenvalue weighted by Crippen LogP contribution is 2.38. The summed E-state index contributed by atoms with van der Waals surface area (Å²) < 4.78 is 40.7. The summed E-state index contributed by atoms with van der Waals surface area (Å²) in [6, 6.07) is 10.5. The molecule has 2 aromatic carbocycles. The van der Waals surface area contributed by atoms with Crippen LogP contribution in [0.3, 0.4) is 0 Å². The van der Waals surface area contributed by atoms with Crippen LogP contribution < -0.4 is 19.7 Å². The first-order chi connectivity index (χ1) is 17.5. The van der Waals surface area contributed by atoms with Crippen molar-refractivity contribution in [2.75, 3.05) is 50.1 Å². The van der Waals surface area contributed by atoms with Crippen LogP contribution in [0.1, 0.15) is 12.6 Å². The minimum Gasteiger partial charge on any atom is -0.489 e. The topological polar surface area (TPSA) is 78.5 Å². The van der Waals surface area contributed by atoms with Gasteiger partial charge < -0.3 is 29.6 Å². The van der Waals surface area contributed by atoms with Crippen molar-refractivity contribution in [1.82, 2.24) is 19.9 Å².